The first-order chi connectivity index (χ1) is 10.1. The third-order valence-corrected chi connectivity index (χ3v) is 3.36. The quantitative estimate of drug-likeness (QED) is 0.890. The van der Waals surface area contributed by atoms with Crippen LogP contribution in [0.2, 0.25) is 5.02 Å². The van der Waals surface area contributed by atoms with Gasteiger partial charge in [0.1, 0.15) is 17.2 Å². The van der Waals surface area contributed by atoms with Crippen molar-refractivity contribution in [2.75, 3.05) is 14.2 Å². The number of carbonyl (C=O) groups excluding carboxylic acids is 1. The molecule has 0 bridgehead atoms. The second kappa shape index (κ2) is 6.49. The van der Waals surface area contributed by atoms with Crippen molar-refractivity contribution < 1.29 is 14.3 Å². The van der Waals surface area contributed by atoms with E-state index in [0.29, 0.717) is 11.5 Å². The molecule has 1 heterocycles. The molecule has 112 valence electrons. The normalized spacial score (nSPS) is 11.8. The lowest BCUT2D eigenvalue weighted by Crippen LogP contribution is -2.27. The summed E-state index contributed by atoms with van der Waals surface area (Å²) >= 11 is 5.87. The monoisotopic (exact) mass is 309 g/mol. The first-order valence-corrected chi connectivity index (χ1v) is 6.66. The van der Waals surface area contributed by atoms with Crippen molar-refractivity contribution in [1.82, 2.24) is 15.5 Å². The molecule has 1 aromatic carbocycles. The van der Waals surface area contributed by atoms with E-state index in [4.69, 9.17) is 21.1 Å². The van der Waals surface area contributed by atoms with Crippen LogP contribution in [0.3, 0.4) is 0 Å². The predicted molar refractivity (Wildman–Crippen MR) is 79.0 cm³/mol. The van der Waals surface area contributed by atoms with E-state index in [2.05, 4.69) is 15.5 Å². The van der Waals surface area contributed by atoms with Gasteiger partial charge in [-0.1, -0.05) is 11.6 Å². The molecule has 0 aliphatic heterocycles. The first-order valence-electron chi connectivity index (χ1n) is 6.28. The van der Waals surface area contributed by atoms with Crippen LogP contribution in [-0.2, 0) is 0 Å². The number of rotatable bonds is 5. The molecule has 0 saturated carbocycles. The van der Waals surface area contributed by atoms with E-state index < -0.39 is 0 Å². The summed E-state index contributed by atoms with van der Waals surface area (Å²) in [6.45, 7) is 1.85. The number of aromatic nitrogens is 2. The summed E-state index contributed by atoms with van der Waals surface area (Å²) < 4.78 is 10.5. The van der Waals surface area contributed by atoms with E-state index in [-0.39, 0.29) is 22.7 Å². The fourth-order valence-electron chi connectivity index (χ4n) is 1.96. The number of ether oxygens (including phenoxy) is 2. The molecule has 21 heavy (non-hydrogen) atoms. The number of hydrogen-bond donors (Lipinski definition) is 2. The fraction of sp³-hybridized carbons (Fsp3) is 0.286. The molecule has 7 heteroatoms. The lowest BCUT2D eigenvalue weighted by Gasteiger charge is -2.18. The number of carbonyl (C=O) groups is 1. The Morgan fingerprint density at radius 2 is 2.14 bits per heavy atom. The highest BCUT2D eigenvalue weighted by Crippen LogP contribution is 2.29. The van der Waals surface area contributed by atoms with Crippen LogP contribution in [-0.4, -0.2) is 30.3 Å². The summed E-state index contributed by atoms with van der Waals surface area (Å²) in [6.07, 6.45) is 1.38. The van der Waals surface area contributed by atoms with Crippen LogP contribution >= 0.6 is 11.6 Å². The second-order valence-corrected chi connectivity index (χ2v) is 4.80. The van der Waals surface area contributed by atoms with Gasteiger partial charge in [-0.25, -0.2) is 0 Å². The number of amides is 1. The molecule has 1 atom stereocenters. The highest BCUT2D eigenvalue weighted by Gasteiger charge is 2.18. The van der Waals surface area contributed by atoms with Crippen LogP contribution in [0.4, 0.5) is 0 Å². The molecule has 6 nitrogen and oxygen atoms in total. The predicted octanol–water partition coefficient (Wildman–Crippen LogP) is 2.57. The first kappa shape index (κ1) is 15.2. The highest BCUT2D eigenvalue weighted by atomic mass is 35.5. The minimum Gasteiger partial charge on any atom is -0.497 e. The van der Waals surface area contributed by atoms with E-state index in [1.54, 1.807) is 26.4 Å². The minimum absolute atomic E-state index is 0.227. The zero-order chi connectivity index (χ0) is 15.4. The molecule has 1 amide bonds. The van der Waals surface area contributed by atoms with Crippen molar-refractivity contribution in [2.24, 2.45) is 0 Å². The van der Waals surface area contributed by atoms with E-state index >= 15 is 0 Å². The van der Waals surface area contributed by atoms with Gasteiger partial charge in [0.25, 0.3) is 5.91 Å². The smallest absolute Gasteiger partial charge is 0.271 e. The summed E-state index contributed by atoms with van der Waals surface area (Å²) in [5, 5.41) is 9.40. The molecule has 2 aromatic rings. The van der Waals surface area contributed by atoms with Gasteiger partial charge in [-0.05, 0) is 25.1 Å². The second-order valence-electron chi connectivity index (χ2n) is 4.40. The molecule has 0 spiro atoms. The molecule has 0 radical (unpaired) electrons. The molecular weight excluding hydrogens is 294 g/mol. The maximum Gasteiger partial charge on any atom is 0.271 e. The van der Waals surface area contributed by atoms with Crippen molar-refractivity contribution in [3.8, 4) is 11.5 Å². The SMILES string of the molecule is COc1ccc(OC)c(C(C)NC(=O)c2[nH]ncc2Cl)c1. The van der Waals surface area contributed by atoms with Gasteiger partial charge < -0.3 is 14.8 Å². The lowest BCUT2D eigenvalue weighted by molar-refractivity contribution is 0.0934. The van der Waals surface area contributed by atoms with Gasteiger partial charge in [0, 0.05) is 5.56 Å². The molecule has 0 saturated heterocycles. The van der Waals surface area contributed by atoms with E-state index in [9.17, 15) is 4.79 Å². The average molecular weight is 310 g/mol. The highest BCUT2D eigenvalue weighted by molar-refractivity contribution is 6.33. The van der Waals surface area contributed by atoms with Crippen LogP contribution in [0, 0.1) is 0 Å². The molecule has 0 aliphatic carbocycles. The van der Waals surface area contributed by atoms with E-state index in [0.717, 1.165) is 5.56 Å². The van der Waals surface area contributed by atoms with Gasteiger partial charge in [-0.15, -0.1) is 0 Å². The number of H-pyrrole nitrogens is 1. The Balaban J connectivity index is 2.22. The summed E-state index contributed by atoms with van der Waals surface area (Å²) in [4.78, 5) is 12.1. The molecule has 0 fully saturated rings. The van der Waals surface area contributed by atoms with Crippen LogP contribution in [0.15, 0.2) is 24.4 Å². The summed E-state index contributed by atoms with van der Waals surface area (Å²) in [5.41, 5.74) is 1.03. The molecule has 1 unspecified atom stereocenters. The fourth-order valence-corrected chi connectivity index (χ4v) is 2.13. The zero-order valence-corrected chi connectivity index (χ0v) is 12.7. The Morgan fingerprint density at radius 1 is 1.38 bits per heavy atom. The average Bonchev–Trinajstić information content (AvgIpc) is 2.92. The summed E-state index contributed by atoms with van der Waals surface area (Å²) in [7, 11) is 3.16. The van der Waals surface area contributed by atoms with Crippen molar-refractivity contribution in [2.45, 2.75) is 13.0 Å². The molecular formula is C14H16ClN3O3. The van der Waals surface area contributed by atoms with E-state index in [1.807, 2.05) is 13.0 Å². The van der Waals surface area contributed by atoms with Gasteiger partial charge in [0.05, 0.1) is 31.5 Å². The van der Waals surface area contributed by atoms with Crippen LogP contribution in [0.1, 0.15) is 29.0 Å². The Bertz CT molecular complexity index is 642. The van der Waals surface area contributed by atoms with E-state index in [1.165, 1.54) is 6.20 Å². The van der Waals surface area contributed by atoms with Gasteiger partial charge in [0.15, 0.2) is 0 Å². The van der Waals surface area contributed by atoms with Gasteiger partial charge in [-0.3, -0.25) is 9.89 Å². The summed E-state index contributed by atoms with van der Waals surface area (Å²) in [5.74, 6) is 1.01. The maximum absolute atomic E-state index is 12.1. The van der Waals surface area contributed by atoms with Crippen molar-refractivity contribution in [1.29, 1.82) is 0 Å². The Hall–Kier alpha value is -2.21. The number of aromatic amines is 1. The van der Waals surface area contributed by atoms with Crippen LogP contribution < -0.4 is 14.8 Å². The number of halogens is 1. The lowest BCUT2D eigenvalue weighted by atomic mass is 10.1. The molecule has 2 rings (SSSR count). The third kappa shape index (κ3) is 3.28. The minimum atomic E-state index is -0.338. The van der Waals surface area contributed by atoms with Crippen LogP contribution in [0.25, 0.3) is 0 Å². The number of nitrogens with one attached hydrogen (secondary N) is 2. The largest absolute Gasteiger partial charge is 0.497 e. The van der Waals surface area contributed by atoms with Gasteiger partial charge in [-0.2, -0.15) is 5.10 Å². The number of nitrogens with zero attached hydrogens (tertiary/aromatic N) is 1. The molecule has 1 aromatic heterocycles. The van der Waals surface area contributed by atoms with Gasteiger partial charge in [0.2, 0.25) is 0 Å². The Morgan fingerprint density at radius 3 is 2.71 bits per heavy atom. The maximum atomic E-state index is 12.1. The molecule has 2 N–H and O–H groups in total. The topological polar surface area (TPSA) is 76.2 Å². The van der Waals surface area contributed by atoms with Crippen molar-refractivity contribution >= 4 is 17.5 Å². The molecule has 0 aliphatic rings. The number of hydrogen-bond acceptors (Lipinski definition) is 4. The zero-order valence-electron chi connectivity index (χ0n) is 11.9. The van der Waals surface area contributed by atoms with Crippen LogP contribution in [0.5, 0.6) is 11.5 Å². The van der Waals surface area contributed by atoms with Crippen molar-refractivity contribution in [3.63, 3.8) is 0 Å². The van der Waals surface area contributed by atoms with Gasteiger partial charge >= 0.3 is 0 Å². The number of methoxy groups -OCH3 is 2. The standard InChI is InChI=1S/C14H16ClN3O3/c1-8(17-14(19)13-11(15)7-16-18-13)10-6-9(20-2)4-5-12(10)21-3/h4-8H,1-3H3,(H,16,18)(H,17,19). The third-order valence-electron chi connectivity index (χ3n) is 3.07. The summed E-state index contributed by atoms with van der Waals surface area (Å²) in [6, 6.07) is 5.11. The number of benzene rings is 1. The Labute approximate surface area is 127 Å². The Kier molecular flexibility index (Phi) is 4.70. The van der Waals surface area contributed by atoms with Crippen molar-refractivity contribution in [3.05, 3.63) is 40.7 Å².